The molecule has 0 saturated carbocycles. The molecule has 0 aliphatic heterocycles. The summed E-state index contributed by atoms with van der Waals surface area (Å²) in [5.74, 6) is -0.0604. The number of carboxylic acid groups (broad SMARTS) is 1. The predicted molar refractivity (Wildman–Crippen MR) is 79.6 cm³/mol. The number of amides is 2. The number of hydrogen-bond donors (Lipinski definition) is 3. The fourth-order valence-electron chi connectivity index (χ4n) is 1.91. The first-order valence-corrected chi connectivity index (χ1v) is 6.91. The van der Waals surface area contributed by atoms with Crippen molar-refractivity contribution in [1.82, 2.24) is 10.6 Å². The van der Waals surface area contributed by atoms with E-state index in [1.807, 2.05) is 24.3 Å². The zero-order valence-corrected chi connectivity index (χ0v) is 12.4. The summed E-state index contributed by atoms with van der Waals surface area (Å²) in [5.41, 5.74) is 1.03. The number of carbonyl (C=O) groups is 2. The van der Waals surface area contributed by atoms with E-state index in [0.717, 1.165) is 11.3 Å². The summed E-state index contributed by atoms with van der Waals surface area (Å²) >= 11 is 0. The van der Waals surface area contributed by atoms with E-state index in [2.05, 4.69) is 10.6 Å². The van der Waals surface area contributed by atoms with Crippen molar-refractivity contribution >= 4 is 12.0 Å². The fraction of sp³-hybridized carbons (Fsp3) is 0.467. The number of methoxy groups -OCH3 is 1. The lowest BCUT2D eigenvalue weighted by Gasteiger charge is -2.14. The Morgan fingerprint density at radius 3 is 2.71 bits per heavy atom. The number of urea groups is 1. The van der Waals surface area contributed by atoms with E-state index >= 15 is 0 Å². The minimum atomic E-state index is -0.861. The molecular weight excluding hydrogens is 272 g/mol. The second-order valence-electron chi connectivity index (χ2n) is 4.80. The lowest BCUT2D eigenvalue weighted by molar-refractivity contribution is -0.137. The van der Waals surface area contributed by atoms with Crippen LogP contribution in [0.5, 0.6) is 5.75 Å². The highest BCUT2D eigenvalue weighted by atomic mass is 16.5. The molecule has 0 saturated heterocycles. The third-order valence-corrected chi connectivity index (χ3v) is 3.04. The molecule has 3 N–H and O–H groups in total. The van der Waals surface area contributed by atoms with Crippen molar-refractivity contribution in [2.75, 3.05) is 13.7 Å². The molecule has 0 fully saturated rings. The van der Waals surface area contributed by atoms with Crippen LogP contribution in [0.15, 0.2) is 24.3 Å². The number of rotatable bonds is 8. The van der Waals surface area contributed by atoms with Crippen LogP contribution in [-0.2, 0) is 11.2 Å². The van der Waals surface area contributed by atoms with Gasteiger partial charge in [-0.05, 0) is 31.4 Å². The Kier molecular flexibility index (Phi) is 7.08. The van der Waals surface area contributed by atoms with E-state index in [-0.39, 0.29) is 18.5 Å². The second-order valence-corrected chi connectivity index (χ2v) is 4.80. The molecule has 1 atom stereocenters. The Morgan fingerprint density at radius 2 is 2.05 bits per heavy atom. The summed E-state index contributed by atoms with van der Waals surface area (Å²) in [6.07, 6.45) is 1.12. The van der Waals surface area contributed by atoms with Gasteiger partial charge in [-0.3, -0.25) is 4.79 Å². The monoisotopic (exact) mass is 294 g/mol. The molecule has 2 amide bonds. The van der Waals surface area contributed by atoms with E-state index in [0.29, 0.717) is 19.4 Å². The summed E-state index contributed by atoms with van der Waals surface area (Å²) in [6.45, 7) is 2.26. The first-order chi connectivity index (χ1) is 10.0. The smallest absolute Gasteiger partial charge is 0.315 e. The van der Waals surface area contributed by atoms with Crippen molar-refractivity contribution in [2.45, 2.75) is 32.2 Å². The average Bonchev–Trinajstić information content (AvgIpc) is 2.45. The van der Waals surface area contributed by atoms with Crippen LogP contribution in [0.4, 0.5) is 4.79 Å². The van der Waals surface area contributed by atoms with Crippen LogP contribution in [0.25, 0.3) is 0 Å². The molecule has 0 aliphatic rings. The van der Waals surface area contributed by atoms with Gasteiger partial charge in [0.2, 0.25) is 0 Å². The Bertz CT molecular complexity index is 476. The van der Waals surface area contributed by atoms with Gasteiger partial charge in [0.25, 0.3) is 0 Å². The minimum Gasteiger partial charge on any atom is -0.496 e. The molecule has 0 aromatic heterocycles. The molecule has 1 aromatic carbocycles. The Balaban J connectivity index is 2.28. The van der Waals surface area contributed by atoms with Gasteiger partial charge in [-0.2, -0.15) is 0 Å². The van der Waals surface area contributed by atoms with Crippen LogP contribution in [0.2, 0.25) is 0 Å². The maximum atomic E-state index is 11.6. The van der Waals surface area contributed by atoms with Crippen LogP contribution in [0.3, 0.4) is 0 Å². The number of aliphatic carboxylic acids is 1. The molecular formula is C15H22N2O4. The molecule has 6 heteroatoms. The average molecular weight is 294 g/mol. The van der Waals surface area contributed by atoms with Gasteiger partial charge < -0.3 is 20.5 Å². The molecule has 0 aliphatic carbocycles. The largest absolute Gasteiger partial charge is 0.496 e. The maximum Gasteiger partial charge on any atom is 0.315 e. The first kappa shape index (κ1) is 16.8. The number of para-hydroxylation sites is 1. The van der Waals surface area contributed by atoms with E-state index in [9.17, 15) is 9.59 Å². The fourth-order valence-corrected chi connectivity index (χ4v) is 1.91. The summed E-state index contributed by atoms with van der Waals surface area (Å²) in [5, 5.41) is 14.0. The predicted octanol–water partition coefficient (Wildman–Crippen LogP) is 1.79. The van der Waals surface area contributed by atoms with Crippen molar-refractivity contribution in [3.05, 3.63) is 29.8 Å². The molecule has 1 unspecified atom stereocenters. The van der Waals surface area contributed by atoms with Crippen LogP contribution in [-0.4, -0.2) is 36.8 Å². The van der Waals surface area contributed by atoms with Crippen molar-refractivity contribution in [2.24, 2.45) is 0 Å². The van der Waals surface area contributed by atoms with Gasteiger partial charge in [0, 0.05) is 19.0 Å². The zero-order valence-electron chi connectivity index (χ0n) is 12.4. The third-order valence-electron chi connectivity index (χ3n) is 3.04. The quantitative estimate of drug-likeness (QED) is 0.682. The van der Waals surface area contributed by atoms with Gasteiger partial charge in [0.1, 0.15) is 5.75 Å². The summed E-state index contributed by atoms with van der Waals surface area (Å²) < 4.78 is 5.24. The number of carbonyl (C=O) groups excluding carboxylic acids is 1. The zero-order chi connectivity index (χ0) is 15.7. The van der Waals surface area contributed by atoms with Gasteiger partial charge in [0.15, 0.2) is 0 Å². The topological polar surface area (TPSA) is 87.7 Å². The lowest BCUT2D eigenvalue weighted by atomic mass is 10.1. The molecule has 0 heterocycles. The SMILES string of the molecule is COc1ccccc1CCNC(=O)NC(C)CCC(=O)O. The number of carboxylic acids is 1. The van der Waals surface area contributed by atoms with E-state index in [1.165, 1.54) is 0 Å². The molecule has 1 rings (SSSR count). The summed E-state index contributed by atoms with van der Waals surface area (Å²) in [7, 11) is 1.61. The van der Waals surface area contributed by atoms with Crippen molar-refractivity contribution < 1.29 is 19.4 Å². The Labute approximate surface area is 124 Å². The third kappa shape index (κ3) is 6.65. The Morgan fingerprint density at radius 1 is 1.33 bits per heavy atom. The van der Waals surface area contributed by atoms with Crippen LogP contribution in [0.1, 0.15) is 25.3 Å². The summed E-state index contributed by atoms with van der Waals surface area (Å²) in [4.78, 5) is 22.1. The minimum absolute atomic E-state index is 0.0443. The summed E-state index contributed by atoms with van der Waals surface area (Å²) in [6, 6.07) is 7.19. The van der Waals surface area contributed by atoms with E-state index in [4.69, 9.17) is 9.84 Å². The maximum absolute atomic E-state index is 11.6. The number of benzene rings is 1. The van der Waals surface area contributed by atoms with Gasteiger partial charge in [-0.15, -0.1) is 0 Å². The molecule has 21 heavy (non-hydrogen) atoms. The molecule has 6 nitrogen and oxygen atoms in total. The highest BCUT2D eigenvalue weighted by Crippen LogP contribution is 2.17. The molecule has 0 bridgehead atoms. The number of nitrogens with one attached hydrogen (secondary N) is 2. The van der Waals surface area contributed by atoms with E-state index < -0.39 is 5.97 Å². The number of ether oxygens (including phenoxy) is 1. The van der Waals surface area contributed by atoms with Gasteiger partial charge >= 0.3 is 12.0 Å². The van der Waals surface area contributed by atoms with Crippen LogP contribution < -0.4 is 15.4 Å². The van der Waals surface area contributed by atoms with Gasteiger partial charge in [-0.25, -0.2) is 4.79 Å². The first-order valence-electron chi connectivity index (χ1n) is 6.91. The second kappa shape index (κ2) is 8.84. The Hall–Kier alpha value is -2.24. The molecule has 0 radical (unpaired) electrons. The highest BCUT2D eigenvalue weighted by molar-refractivity contribution is 5.74. The van der Waals surface area contributed by atoms with Gasteiger partial charge in [0.05, 0.1) is 7.11 Å². The molecule has 1 aromatic rings. The number of hydrogen-bond acceptors (Lipinski definition) is 3. The normalized spacial score (nSPS) is 11.5. The van der Waals surface area contributed by atoms with E-state index in [1.54, 1.807) is 14.0 Å². The molecule has 0 spiro atoms. The van der Waals surface area contributed by atoms with Crippen LogP contribution >= 0.6 is 0 Å². The van der Waals surface area contributed by atoms with Crippen molar-refractivity contribution in [1.29, 1.82) is 0 Å². The molecule has 116 valence electrons. The van der Waals surface area contributed by atoms with Crippen molar-refractivity contribution in [3.8, 4) is 5.75 Å². The van der Waals surface area contributed by atoms with Crippen molar-refractivity contribution in [3.63, 3.8) is 0 Å². The van der Waals surface area contributed by atoms with Gasteiger partial charge in [-0.1, -0.05) is 18.2 Å². The van der Waals surface area contributed by atoms with Crippen LogP contribution in [0, 0.1) is 0 Å². The highest BCUT2D eigenvalue weighted by Gasteiger charge is 2.09. The lowest BCUT2D eigenvalue weighted by Crippen LogP contribution is -2.41. The standard InChI is InChI=1S/C15H22N2O4/c1-11(7-8-14(18)19)17-15(20)16-10-9-12-5-3-4-6-13(12)21-2/h3-6,11H,7-10H2,1-2H3,(H,18,19)(H2,16,17,20).